The van der Waals surface area contributed by atoms with Gasteiger partial charge in [0.15, 0.2) is 0 Å². The molecular weight excluding hydrogens is 519 g/mol. The largest absolute Gasteiger partial charge is 0.496 e. The summed E-state index contributed by atoms with van der Waals surface area (Å²) in [6.07, 6.45) is 0. The van der Waals surface area contributed by atoms with Gasteiger partial charge >= 0.3 is 0 Å². The van der Waals surface area contributed by atoms with Crippen LogP contribution in [0.2, 0.25) is 10.0 Å². The molecule has 6 nitrogen and oxygen atoms in total. The van der Waals surface area contributed by atoms with E-state index in [9.17, 15) is 13.2 Å². The van der Waals surface area contributed by atoms with Crippen molar-refractivity contribution in [3.8, 4) is 5.75 Å². The zero-order chi connectivity index (χ0) is 26.6. The quantitative estimate of drug-likeness (QED) is 0.330. The number of hydrogen-bond acceptors (Lipinski definition) is 4. The Bertz CT molecular complexity index is 1340. The van der Waals surface area contributed by atoms with Crippen LogP contribution in [0.25, 0.3) is 0 Å². The van der Waals surface area contributed by atoms with Crippen molar-refractivity contribution < 1.29 is 17.9 Å². The molecule has 36 heavy (non-hydrogen) atoms. The number of hydrogen-bond donors (Lipinski definition) is 1. The van der Waals surface area contributed by atoms with Crippen LogP contribution in [-0.4, -0.2) is 28.0 Å². The molecule has 0 aliphatic carbocycles. The van der Waals surface area contributed by atoms with E-state index in [4.69, 9.17) is 27.9 Å². The monoisotopic (exact) mass is 548 g/mol. The molecule has 0 heterocycles. The topological polar surface area (TPSA) is 75.7 Å². The number of benzene rings is 3. The van der Waals surface area contributed by atoms with Gasteiger partial charge in [0.25, 0.3) is 10.0 Å². The van der Waals surface area contributed by atoms with Gasteiger partial charge in [-0.2, -0.15) is 0 Å². The number of anilines is 1. The molecule has 9 heteroatoms. The number of sulfonamides is 1. The molecule has 0 aromatic heterocycles. The van der Waals surface area contributed by atoms with Crippen LogP contribution in [0.5, 0.6) is 5.75 Å². The van der Waals surface area contributed by atoms with Crippen LogP contribution in [0.3, 0.4) is 0 Å². The minimum atomic E-state index is -4.08. The maximum Gasteiger partial charge on any atom is 0.264 e. The highest BCUT2D eigenvalue weighted by molar-refractivity contribution is 7.92. The molecule has 0 fully saturated rings. The Morgan fingerprint density at radius 3 is 2.22 bits per heavy atom. The van der Waals surface area contributed by atoms with E-state index in [0.29, 0.717) is 10.0 Å². The lowest BCUT2D eigenvalue weighted by molar-refractivity contribution is -0.120. The third-order valence-electron chi connectivity index (χ3n) is 5.87. The molecular formula is C27H30Cl2N2O4S. The predicted molar refractivity (Wildman–Crippen MR) is 146 cm³/mol. The molecule has 0 spiro atoms. The minimum Gasteiger partial charge on any atom is -0.496 e. The number of carbonyl (C=O) groups is 1. The van der Waals surface area contributed by atoms with Gasteiger partial charge in [0.1, 0.15) is 12.3 Å². The third-order valence-corrected chi connectivity index (χ3v) is 8.14. The molecule has 3 aromatic rings. The normalized spacial score (nSPS) is 12.3. The Labute approximate surface area is 223 Å². The summed E-state index contributed by atoms with van der Waals surface area (Å²) < 4.78 is 33.6. The first-order chi connectivity index (χ1) is 16.9. The van der Waals surface area contributed by atoms with Crippen molar-refractivity contribution in [2.75, 3.05) is 18.0 Å². The SMILES string of the molecule is COc1cc(C)c([C@H](C)NC(=O)CN(c2cccc(Cl)c2)S(=O)(=O)c2ccc(Cl)cc2)cc1C(C)C. The number of nitrogens with one attached hydrogen (secondary N) is 1. The number of halogens is 2. The first-order valence-electron chi connectivity index (χ1n) is 11.5. The maximum absolute atomic E-state index is 13.5. The lowest BCUT2D eigenvalue weighted by Gasteiger charge is -2.26. The van der Waals surface area contributed by atoms with E-state index in [1.54, 1.807) is 25.3 Å². The molecule has 1 N–H and O–H groups in total. The van der Waals surface area contributed by atoms with Gasteiger partial charge in [0.2, 0.25) is 5.91 Å². The highest BCUT2D eigenvalue weighted by atomic mass is 35.5. The fourth-order valence-corrected chi connectivity index (χ4v) is 5.71. The number of ether oxygens (including phenoxy) is 1. The second-order valence-electron chi connectivity index (χ2n) is 8.84. The van der Waals surface area contributed by atoms with Crippen molar-refractivity contribution in [2.24, 2.45) is 0 Å². The van der Waals surface area contributed by atoms with Crippen molar-refractivity contribution >= 4 is 44.8 Å². The summed E-state index contributed by atoms with van der Waals surface area (Å²) in [7, 11) is -2.44. The van der Waals surface area contributed by atoms with Crippen LogP contribution in [0.4, 0.5) is 5.69 Å². The van der Waals surface area contributed by atoms with Gasteiger partial charge in [-0.1, -0.05) is 43.1 Å². The van der Waals surface area contributed by atoms with E-state index in [0.717, 1.165) is 26.7 Å². The molecule has 0 bridgehead atoms. The standard InChI is InChI=1S/C27H30Cl2N2O4S/c1-17(2)24-15-25(18(3)13-26(24)35-5)19(4)30-27(32)16-31(22-8-6-7-21(29)14-22)36(33,34)23-11-9-20(28)10-12-23/h6-15,17,19H,16H2,1-5H3,(H,30,32)/t19-/m0/s1. The zero-order valence-electron chi connectivity index (χ0n) is 20.9. The summed E-state index contributed by atoms with van der Waals surface area (Å²) in [5.74, 6) is 0.567. The van der Waals surface area contributed by atoms with Crippen molar-refractivity contribution in [2.45, 2.75) is 44.6 Å². The molecule has 3 rings (SSSR count). The molecule has 0 saturated heterocycles. The van der Waals surface area contributed by atoms with Crippen LogP contribution in [0.1, 0.15) is 49.4 Å². The van der Waals surface area contributed by atoms with Crippen LogP contribution >= 0.6 is 23.2 Å². The zero-order valence-corrected chi connectivity index (χ0v) is 23.2. The smallest absolute Gasteiger partial charge is 0.264 e. The fourth-order valence-electron chi connectivity index (χ4n) is 3.99. The van der Waals surface area contributed by atoms with Gasteiger partial charge in [-0.15, -0.1) is 0 Å². The van der Waals surface area contributed by atoms with E-state index >= 15 is 0 Å². The number of carbonyl (C=O) groups excluding carboxylic acids is 1. The Kier molecular flexibility index (Phi) is 8.93. The van der Waals surface area contributed by atoms with Gasteiger partial charge in [0.05, 0.1) is 23.7 Å². The number of amides is 1. The number of nitrogens with zero attached hydrogens (tertiary/aromatic N) is 1. The summed E-state index contributed by atoms with van der Waals surface area (Å²) >= 11 is 12.1. The van der Waals surface area contributed by atoms with Crippen LogP contribution in [0, 0.1) is 6.92 Å². The summed E-state index contributed by atoms with van der Waals surface area (Å²) in [4.78, 5) is 13.2. The molecule has 192 valence electrons. The Balaban J connectivity index is 1.92. The van der Waals surface area contributed by atoms with E-state index in [1.165, 1.54) is 30.3 Å². The molecule has 1 amide bonds. The van der Waals surface area contributed by atoms with Gasteiger partial charge in [-0.25, -0.2) is 8.42 Å². The van der Waals surface area contributed by atoms with Crippen molar-refractivity contribution in [1.82, 2.24) is 5.32 Å². The van der Waals surface area contributed by atoms with E-state index in [2.05, 4.69) is 19.2 Å². The number of aryl methyl sites for hydroxylation is 1. The van der Waals surface area contributed by atoms with Crippen LogP contribution in [0.15, 0.2) is 65.6 Å². The van der Waals surface area contributed by atoms with E-state index < -0.39 is 22.5 Å². The van der Waals surface area contributed by atoms with E-state index in [1.807, 2.05) is 26.0 Å². The van der Waals surface area contributed by atoms with Crippen molar-refractivity contribution in [3.63, 3.8) is 0 Å². The molecule has 0 unspecified atom stereocenters. The molecule has 3 aromatic carbocycles. The first-order valence-corrected chi connectivity index (χ1v) is 13.6. The van der Waals surface area contributed by atoms with Crippen molar-refractivity contribution in [1.29, 1.82) is 0 Å². The minimum absolute atomic E-state index is 0.0142. The molecule has 0 saturated carbocycles. The lowest BCUT2D eigenvalue weighted by atomic mass is 9.93. The second-order valence-corrected chi connectivity index (χ2v) is 11.6. The molecule has 1 atom stereocenters. The van der Waals surface area contributed by atoms with Crippen LogP contribution in [-0.2, 0) is 14.8 Å². The Hall–Kier alpha value is -2.74. The highest BCUT2D eigenvalue weighted by Gasteiger charge is 2.28. The predicted octanol–water partition coefficient (Wildman–Crippen LogP) is 6.51. The second kappa shape index (κ2) is 11.5. The van der Waals surface area contributed by atoms with Crippen LogP contribution < -0.4 is 14.4 Å². The Morgan fingerprint density at radius 1 is 0.972 bits per heavy atom. The summed E-state index contributed by atoms with van der Waals surface area (Å²) in [6, 6.07) is 15.8. The molecule has 0 aliphatic heterocycles. The average Bonchev–Trinajstić information content (AvgIpc) is 2.82. The highest BCUT2D eigenvalue weighted by Crippen LogP contribution is 2.32. The van der Waals surface area contributed by atoms with Gasteiger partial charge in [-0.05, 0) is 91.1 Å². The summed E-state index contributed by atoms with van der Waals surface area (Å²) in [6.45, 7) is 7.54. The lowest BCUT2D eigenvalue weighted by Crippen LogP contribution is -2.41. The van der Waals surface area contributed by atoms with E-state index in [-0.39, 0.29) is 22.5 Å². The molecule has 0 aliphatic rings. The number of methoxy groups -OCH3 is 1. The Morgan fingerprint density at radius 2 is 1.64 bits per heavy atom. The van der Waals surface area contributed by atoms with Gasteiger partial charge < -0.3 is 10.1 Å². The maximum atomic E-state index is 13.5. The number of rotatable bonds is 9. The first kappa shape index (κ1) is 27.8. The van der Waals surface area contributed by atoms with Gasteiger partial charge in [0, 0.05) is 10.0 Å². The average molecular weight is 550 g/mol. The van der Waals surface area contributed by atoms with Crippen molar-refractivity contribution in [3.05, 3.63) is 87.4 Å². The fraction of sp³-hybridized carbons (Fsp3) is 0.296. The summed E-state index contributed by atoms with van der Waals surface area (Å²) in [5.41, 5.74) is 3.21. The molecule has 0 radical (unpaired) electrons. The van der Waals surface area contributed by atoms with Gasteiger partial charge in [-0.3, -0.25) is 9.10 Å². The summed E-state index contributed by atoms with van der Waals surface area (Å²) in [5, 5.41) is 3.71. The third kappa shape index (κ3) is 6.33.